The predicted octanol–water partition coefficient (Wildman–Crippen LogP) is 1.81. The van der Waals surface area contributed by atoms with Crippen LogP contribution in [0.4, 0.5) is 0 Å². The molecule has 1 saturated heterocycles. The van der Waals surface area contributed by atoms with Crippen LogP contribution in [0.15, 0.2) is 0 Å². The number of rotatable bonds is 6. The van der Waals surface area contributed by atoms with Crippen LogP contribution in [0.5, 0.6) is 0 Å². The second-order valence-corrected chi connectivity index (χ2v) is 4.65. The second kappa shape index (κ2) is 6.46. The Balaban J connectivity index is 2.35. The summed E-state index contributed by atoms with van der Waals surface area (Å²) < 4.78 is 11.0. The maximum absolute atomic E-state index is 5.55. The van der Waals surface area contributed by atoms with Crippen LogP contribution in [0.3, 0.4) is 0 Å². The summed E-state index contributed by atoms with van der Waals surface area (Å²) in [5.41, 5.74) is 0. The minimum atomic E-state index is 0.341. The van der Waals surface area contributed by atoms with Gasteiger partial charge in [-0.3, -0.25) is 0 Å². The first-order valence-electron chi connectivity index (χ1n) is 6.10. The summed E-state index contributed by atoms with van der Waals surface area (Å²) in [6, 6.07) is 0.942. The van der Waals surface area contributed by atoms with Gasteiger partial charge in [0, 0.05) is 25.3 Å². The molecule has 3 atom stereocenters. The van der Waals surface area contributed by atoms with Crippen LogP contribution in [0, 0.1) is 5.92 Å². The highest BCUT2D eigenvalue weighted by Gasteiger charge is 2.27. The zero-order valence-corrected chi connectivity index (χ0v) is 10.5. The fourth-order valence-electron chi connectivity index (χ4n) is 1.90. The monoisotopic (exact) mass is 215 g/mol. The highest BCUT2D eigenvalue weighted by atomic mass is 16.5. The Labute approximate surface area is 93.5 Å². The third-order valence-electron chi connectivity index (χ3n) is 3.11. The topological polar surface area (TPSA) is 30.5 Å². The molecule has 1 rings (SSSR count). The van der Waals surface area contributed by atoms with E-state index in [9.17, 15) is 0 Å². The van der Waals surface area contributed by atoms with Gasteiger partial charge >= 0.3 is 0 Å². The van der Waals surface area contributed by atoms with E-state index in [-0.39, 0.29) is 0 Å². The van der Waals surface area contributed by atoms with Crippen LogP contribution in [0.25, 0.3) is 0 Å². The third kappa shape index (κ3) is 4.09. The van der Waals surface area contributed by atoms with Crippen LogP contribution in [0.1, 0.15) is 34.1 Å². The first-order valence-corrected chi connectivity index (χ1v) is 6.10. The molecular weight excluding hydrogens is 190 g/mol. The summed E-state index contributed by atoms with van der Waals surface area (Å²) in [5.74, 6) is 0.601. The quantitative estimate of drug-likeness (QED) is 0.733. The number of hydrogen-bond donors (Lipinski definition) is 1. The van der Waals surface area contributed by atoms with Crippen molar-refractivity contribution < 1.29 is 9.47 Å². The number of hydrogen-bond acceptors (Lipinski definition) is 3. The molecule has 0 amide bonds. The standard InChI is InChI=1S/C12H25NO2/c1-5-14-8-12(9(2)3)13-11-6-7-15-10(11)4/h9-13H,5-8H2,1-4H3. The molecule has 0 bridgehead atoms. The van der Waals surface area contributed by atoms with Crippen molar-refractivity contribution in [1.29, 1.82) is 0 Å². The second-order valence-electron chi connectivity index (χ2n) is 4.65. The van der Waals surface area contributed by atoms with E-state index in [0.29, 0.717) is 24.1 Å². The average molecular weight is 215 g/mol. The Morgan fingerprint density at radius 3 is 2.67 bits per heavy atom. The SMILES string of the molecule is CCOCC(NC1CCOC1C)C(C)C. The smallest absolute Gasteiger partial charge is 0.0700 e. The Morgan fingerprint density at radius 2 is 2.20 bits per heavy atom. The van der Waals surface area contributed by atoms with Crippen molar-refractivity contribution in [2.24, 2.45) is 5.92 Å². The molecule has 1 aliphatic rings. The predicted molar refractivity (Wildman–Crippen MR) is 62.1 cm³/mol. The first-order chi connectivity index (χ1) is 7.15. The van der Waals surface area contributed by atoms with Gasteiger partial charge in [0.1, 0.15) is 0 Å². The summed E-state index contributed by atoms with van der Waals surface area (Å²) in [6.07, 6.45) is 1.46. The van der Waals surface area contributed by atoms with Crippen LogP contribution >= 0.6 is 0 Å². The number of ether oxygens (including phenoxy) is 2. The van der Waals surface area contributed by atoms with Gasteiger partial charge in [-0.1, -0.05) is 13.8 Å². The lowest BCUT2D eigenvalue weighted by Gasteiger charge is -2.27. The molecule has 3 nitrogen and oxygen atoms in total. The van der Waals surface area contributed by atoms with E-state index < -0.39 is 0 Å². The molecule has 90 valence electrons. The summed E-state index contributed by atoms with van der Waals surface area (Å²) in [7, 11) is 0. The van der Waals surface area contributed by atoms with Crippen molar-refractivity contribution in [3.05, 3.63) is 0 Å². The van der Waals surface area contributed by atoms with E-state index in [1.165, 1.54) is 0 Å². The Bertz CT molecular complexity index is 173. The van der Waals surface area contributed by atoms with E-state index in [2.05, 4.69) is 26.1 Å². The average Bonchev–Trinajstić information content (AvgIpc) is 2.58. The van der Waals surface area contributed by atoms with E-state index in [1.807, 2.05) is 6.92 Å². The fourth-order valence-corrected chi connectivity index (χ4v) is 1.90. The molecule has 0 aliphatic carbocycles. The number of nitrogens with one attached hydrogen (secondary N) is 1. The van der Waals surface area contributed by atoms with Crippen molar-refractivity contribution in [1.82, 2.24) is 5.32 Å². The van der Waals surface area contributed by atoms with Gasteiger partial charge in [-0.05, 0) is 26.2 Å². The molecule has 1 N–H and O–H groups in total. The van der Waals surface area contributed by atoms with E-state index in [4.69, 9.17) is 9.47 Å². The van der Waals surface area contributed by atoms with Crippen LogP contribution < -0.4 is 5.32 Å². The molecule has 1 aliphatic heterocycles. The van der Waals surface area contributed by atoms with E-state index >= 15 is 0 Å². The summed E-state index contributed by atoms with van der Waals surface area (Å²) in [5, 5.41) is 3.65. The molecule has 1 heterocycles. The van der Waals surface area contributed by atoms with E-state index in [1.54, 1.807) is 0 Å². The lowest BCUT2D eigenvalue weighted by atomic mass is 10.0. The molecule has 0 aromatic rings. The molecule has 0 aromatic heterocycles. The van der Waals surface area contributed by atoms with Gasteiger partial charge in [-0.15, -0.1) is 0 Å². The van der Waals surface area contributed by atoms with Crippen LogP contribution in [0.2, 0.25) is 0 Å². The van der Waals surface area contributed by atoms with Gasteiger partial charge in [-0.25, -0.2) is 0 Å². The summed E-state index contributed by atoms with van der Waals surface area (Å²) in [4.78, 5) is 0. The van der Waals surface area contributed by atoms with Crippen molar-refractivity contribution in [2.45, 2.75) is 52.3 Å². The minimum absolute atomic E-state index is 0.341. The van der Waals surface area contributed by atoms with Gasteiger partial charge in [0.25, 0.3) is 0 Å². The first kappa shape index (κ1) is 12.9. The van der Waals surface area contributed by atoms with Crippen molar-refractivity contribution >= 4 is 0 Å². The normalized spacial score (nSPS) is 28.6. The van der Waals surface area contributed by atoms with Gasteiger partial charge in [0.2, 0.25) is 0 Å². The highest BCUT2D eigenvalue weighted by Crippen LogP contribution is 2.15. The molecular formula is C12H25NO2. The van der Waals surface area contributed by atoms with Gasteiger partial charge < -0.3 is 14.8 Å². The van der Waals surface area contributed by atoms with E-state index in [0.717, 1.165) is 26.2 Å². The Hall–Kier alpha value is -0.120. The summed E-state index contributed by atoms with van der Waals surface area (Å²) in [6.45, 7) is 11.1. The van der Waals surface area contributed by atoms with Crippen molar-refractivity contribution in [3.63, 3.8) is 0 Å². The molecule has 3 unspecified atom stereocenters. The molecule has 0 aromatic carbocycles. The van der Waals surface area contributed by atoms with Crippen LogP contribution in [-0.4, -0.2) is 38.0 Å². The molecule has 1 fully saturated rings. The minimum Gasteiger partial charge on any atom is -0.380 e. The van der Waals surface area contributed by atoms with Crippen molar-refractivity contribution in [2.75, 3.05) is 19.8 Å². The molecule has 0 radical (unpaired) electrons. The fraction of sp³-hybridized carbons (Fsp3) is 1.00. The largest absolute Gasteiger partial charge is 0.380 e. The maximum atomic E-state index is 5.55. The molecule has 3 heteroatoms. The van der Waals surface area contributed by atoms with Gasteiger partial charge in [0.05, 0.1) is 12.7 Å². The Kier molecular flexibility index (Phi) is 5.58. The van der Waals surface area contributed by atoms with Gasteiger partial charge in [-0.2, -0.15) is 0 Å². The van der Waals surface area contributed by atoms with Crippen LogP contribution in [-0.2, 0) is 9.47 Å². The highest BCUT2D eigenvalue weighted by molar-refractivity contribution is 4.84. The zero-order chi connectivity index (χ0) is 11.3. The van der Waals surface area contributed by atoms with Crippen molar-refractivity contribution in [3.8, 4) is 0 Å². The molecule has 0 spiro atoms. The maximum Gasteiger partial charge on any atom is 0.0700 e. The lowest BCUT2D eigenvalue weighted by Crippen LogP contribution is -2.47. The molecule has 15 heavy (non-hydrogen) atoms. The Morgan fingerprint density at radius 1 is 1.47 bits per heavy atom. The van der Waals surface area contributed by atoms with Gasteiger partial charge in [0.15, 0.2) is 0 Å². The lowest BCUT2D eigenvalue weighted by molar-refractivity contribution is 0.0839. The summed E-state index contributed by atoms with van der Waals surface area (Å²) >= 11 is 0. The zero-order valence-electron chi connectivity index (χ0n) is 10.5. The third-order valence-corrected chi connectivity index (χ3v) is 3.11. The molecule has 0 saturated carbocycles.